The van der Waals surface area contributed by atoms with Crippen LogP contribution in [0.3, 0.4) is 0 Å². The van der Waals surface area contributed by atoms with E-state index in [1.165, 1.54) is 17.7 Å². The Morgan fingerprint density at radius 3 is 2.69 bits per heavy atom. The maximum atomic E-state index is 12.9. The van der Waals surface area contributed by atoms with E-state index >= 15 is 0 Å². The SMILES string of the molecule is COc1cc(-c2cnn(C3CCN(C(=O)C(C#N)=Cc4cnsc4)CC3)c2C)cn2ncc(C#N)c12. The number of amides is 1. The molecule has 10 nitrogen and oxygen atoms in total. The van der Waals surface area contributed by atoms with Crippen molar-refractivity contribution in [2.45, 2.75) is 25.8 Å². The van der Waals surface area contributed by atoms with Crippen molar-refractivity contribution in [3.8, 4) is 29.0 Å². The summed E-state index contributed by atoms with van der Waals surface area (Å²) in [5, 5.41) is 29.6. The van der Waals surface area contributed by atoms with Gasteiger partial charge in [0.05, 0.1) is 25.5 Å². The number of fused-ring (bicyclic) bond motifs is 1. The number of rotatable bonds is 5. The maximum Gasteiger partial charge on any atom is 0.264 e. The number of aromatic nitrogens is 5. The quantitative estimate of drug-likeness (QED) is 0.304. The van der Waals surface area contributed by atoms with E-state index in [2.05, 4.69) is 20.6 Å². The highest BCUT2D eigenvalue weighted by Gasteiger charge is 2.28. The van der Waals surface area contributed by atoms with Gasteiger partial charge in [-0.05, 0) is 43.4 Å². The van der Waals surface area contributed by atoms with Crippen molar-refractivity contribution < 1.29 is 9.53 Å². The molecule has 1 aliphatic heterocycles. The van der Waals surface area contributed by atoms with Crippen LogP contribution in [0.4, 0.5) is 0 Å². The smallest absolute Gasteiger partial charge is 0.264 e. The fourth-order valence-corrected chi connectivity index (χ4v) is 5.11. The van der Waals surface area contributed by atoms with Gasteiger partial charge in [0.15, 0.2) is 0 Å². The lowest BCUT2D eigenvalue weighted by molar-refractivity contribution is -0.127. The number of carbonyl (C=O) groups excluding carboxylic acids is 1. The molecule has 1 fully saturated rings. The molecule has 0 saturated carbocycles. The number of ether oxygens (including phenoxy) is 1. The summed E-state index contributed by atoms with van der Waals surface area (Å²) in [6.07, 6.45) is 9.92. The zero-order chi connectivity index (χ0) is 25.2. The van der Waals surface area contributed by atoms with Crippen molar-refractivity contribution in [1.82, 2.24) is 28.7 Å². The molecule has 1 aliphatic rings. The predicted molar refractivity (Wildman–Crippen MR) is 133 cm³/mol. The molecule has 0 bridgehead atoms. The monoisotopic (exact) mass is 498 g/mol. The first-order valence-electron chi connectivity index (χ1n) is 11.3. The standard InChI is InChI=1S/C25H22N8O2S/c1-16-22(19-8-23(35-2)24-20(10-27)12-28-32(24)14-19)13-29-33(16)21-3-5-31(6-4-21)25(34)18(9-26)7-17-11-30-36-15-17/h7-8,11-15,21H,3-6H2,1-2H3. The third-order valence-corrected chi connectivity index (χ3v) is 7.09. The highest BCUT2D eigenvalue weighted by molar-refractivity contribution is 7.03. The first kappa shape index (κ1) is 23.3. The Kier molecular flexibility index (Phi) is 6.23. The van der Waals surface area contributed by atoms with Crippen LogP contribution in [0, 0.1) is 29.6 Å². The van der Waals surface area contributed by atoms with Crippen LogP contribution < -0.4 is 4.74 Å². The van der Waals surface area contributed by atoms with E-state index in [-0.39, 0.29) is 17.5 Å². The average Bonchev–Trinajstić information content (AvgIpc) is 3.66. The third-order valence-electron chi connectivity index (χ3n) is 6.48. The zero-order valence-corrected chi connectivity index (χ0v) is 20.6. The van der Waals surface area contributed by atoms with Gasteiger partial charge in [0, 0.05) is 53.2 Å². The predicted octanol–water partition coefficient (Wildman–Crippen LogP) is 3.61. The molecule has 1 saturated heterocycles. The molecule has 0 spiro atoms. The minimum atomic E-state index is -0.253. The molecule has 5 rings (SSSR count). The Hall–Kier alpha value is -4.48. The van der Waals surface area contributed by atoms with E-state index in [4.69, 9.17) is 4.74 Å². The summed E-state index contributed by atoms with van der Waals surface area (Å²) >= 11 is 1.28. The van der Waals surface area contributed by atoms with Crippen LogP contribution in [-0.2, 0) is 4.79 Å². The van der Waals surface area contributed by atoms with E-state index in [0.29, 0.717) is 29.9 Å². The summed E-state index contributed by atoms with van der Waals surface area (Å²) < 4.78 is 13.2. The number of likely N-dealkylation sites (tertiary alicyclic amines) is 1. The number of hydrogen-bond acceptors (Lipinski definition) is 8. The maximum absolute atomic E-state index is 12.9. The van der Waals surface area contributed by atoms with E-state index in [0.717, 1.165) is 35.2 Å². The average molecular weight is 499 g/mol. The van der Waals surface area contributed by atoms with Crippen LogP contribution in [-0.4, -0.2) is 54.8 Å². The zero-order valence-electron chi connectivity index (χ0n) is 19.7. The Bertz CT molecular complexity index is 1540. The van der Waals surface area contributed by atoms with E-state index in [9.17, 15) is 15.3 Å². The number of piperidine rings is 1. The molecule has 0 radical (unpaired) electrons. The van der Waals surface area contributed by atoms with Crippen molar-refractivity contribution in [3.05, 3.63) is 58.6 Å². The van der Waals surface area contributed by atoms with Gasteiger partial charge in [0.25, 0.3) is 5.91 Å². The van der Waals surface area contributed by atoms with Gasteiger partial charge < -0.3 is 9.64 Å². The summed E-state index contributed by atoms with van der Waals surface area (Å²) in [6, 6.07) is 6.21. The Balaban J connectivity index is 1.34. The molecule has 0 aliphatic carbocycles. The van der Waals surface area contributed by atoms with Crippen molar-refractivity contribution in [3.63, 3.8) is 0 Å². The lowest BCUT2D eigenvalue weighted by atomic mass is 10.0. The molecule has 0 aromatic carbocycles. The molecule has 0 unspecified atom stereocenters. The summed E-state index contributed by atoms with van der Waals surface area (Å²) in [5.74, 6) is 0.316. The number of pyridine rings is 1. The number of nitriles is 2. The minimum absolute atomic E-state index is 0.119. The molecule has 180 valence electrons. The van der Waals surface area contributed by atoms with Crippen molar-refractivity contribution in [2.24, 2.45) is 0 Å². The molecular weight excluding hydrogens is 476 g/mol. The summed E-state index contributed by atoms with van der Waals surface area (Å²) in [4.78, 5) is 14.6. The number of nitrogens with zero attached hydrogens (tertiary/aromatic N) is 8. The molecule has 5 heterocycles. The first-order valence-corrected chi connectivity index (χ1v) is 12.2. The first-order chi connectivity index (χ1) is 17.5. The second-order valence-electron chi connectivity index (χ2n) is 8.50. The lowest BCUT2D eigenvalue weighted by Gasteiger charge is -2.32. The van der Waals surface area contributed by atoms with Crippen LogP contribution in [0.2, 0.25) is 0 Å². The molecule has 0 atom stereocenters. The highest BCUT2D eigenvalue weighted by Crippen LogP contribution is 2.33. The molecule has 4 aromatic rings. The van der Waals surface area contributed by atoms with Crippen molar-refractivity contribution in [1.29, 1.82) is 10.5 Å². The fourth-order valence-electron chi connectivity index (χ4n) is 4.62. The fraction of sp³-hybridized carbons (Fsp3) is 0.280. The van der Waals surface area contributed by atoms with Gasteiger partial charge >= 0.3 is 0 Å². The summed E-state index contributed by atoms with van der Waals surface area (Å²) in [7, 11) is 1.57. The van der Waals surface area contributed by atoms with Gasteiger partial charge in [0.2, 0.25) is 0 Å². The van der Waals surface area contributed by atoms with E-state index < -0.39 is 0 Å². The highest BCUT2D eigenvalue weighted by atomic mass is 32.1. The van der Waals surface area contributed by atoms with Gasteiger partial charge in [-0.1, -0.05) is 0 Å². The number of hydrogen-bond donors (Lipinski definition) is 0. The molecular formula is C25H22N8O2S. The summed E-state index contributed by atoms with van der Waals surface area (Å²) in [5.41, 5.74) is 4.79. The molecule has 0 N–H and O–H groups in total. The van der Waals surface area contributed by atoms with Gasteiger partial charge in [-0.3, -0.25) is 9.48 Å². The molecule has 4 aromatic heterocycles. The van der Waals surface area contributed by atoms with Crippen LogP contribution in [0.15, 0.2) is 41.8 Å². The van der Waals surface area contributed by atoms with Gasteiger partial charge in [-0.2, -0.15) is 20.7 Å². The molecule has 11 heteroatoms. The normalized spacial score (nSPS) is 14.6. The van der Waals surface area contributed by atoms with Gasteiger partial charge in [0.1, 0.15) is 34.5 Å². The Morgan fingerprint density at radius 1 is 1.22 bits per heavy atom. The van der Waals surface area contributed by atoms with Crippen LogP contribution >= 0.6 is 11.5 Å². The lowest BCUT2D eigenvalue weighted by Crippen LogP contribution is -2.40. The van der Waals surface area contributed by atoms with Crippen molar-refractivity contribution >= 4 is 29.0 Å². The topological polar surface area (TPSA) is 125 Å². The summed E-state index contributed by atoms with van der Waals surface area (Å²) in [6.45, 7) is 3.11. The van der Waals surface area contributed by atoms with Crippen molar-refractivity contribution in [2.75, 3.05) is 20.2 Å². The van der Waals surface area contributed by atoms with Crippen LogP contribution in [0.5, 0.6) is 5.75 Å². The second-order valence-corrected chi connectivity index (χ2v) is 9.16. The number of methoxy groups -OCH3 is 1. The number of carbonyl (C=O) groups is 1. The largest absolute Gasteiger partial charge is 0.494 e. The Labute approximate surface area is 211 Å². The molecule has 36 heavy (non-hydrogen) atoms. The van der Waals surface area contributed by atoms with E-state index in [1.807, 2.05) is 36.1 Å². The van der Waals surface area contributed by atoms with E-state index in [1.54, 1.807) is 34.2 Å². The van der Waals surface area contributed by atoms with Crippen LogP contribution in [0.25, 0.3) is 22.7 Å². The molecule has 1 amide bonds. The second kappa shape index (κ2) is 9.64. The van der Waals surface area contributed by atoms with Gasteiger partial charge in [-0.15, -0.1) is 0 Å². The Morgan fingerprint density at radius 2 is 2.03 bits per heavy atom. The van der Waals surface area contributed by atoms with Crippen LogP contribution in [0.1, 0.15) is 35.7 Å². The van der Waals surface area contributed by atoms with Gasteiger partial charge in [-0.25, -0.2) is 8.89 Å². The third kappa shape index (κ3) is 4.10. The minimum Gasteiger partial charge on any atom is -0.494 e.